The molecule has 194 valence electrons. The standard InChI is InChI=1S/C35H31NO3/c37-32-24-14-13-15-27(32)26-36-33(35(39,30-20-9-3-10-21-30)31-22-11-4-12-23-31)25-34(38,28-16-5-1-6-17-28)29-18-7-2-8-19-29/h1-24,26,33,37-39H,25H2/t33-/m0/s1. The first-order valence-corrected chi connectivity index (χ1v) is 13.0. The second-order valence-electron chi connectivity index (χ2n) is 9.65. The highest BCUT2D eigenvalue weighted by molar-refractivity contribution is 5.83. The molecular weight excluding hydrogens is 482 g/mol. The zero-order chi connectivity index (χ0) is 27.1. The SMILES string of the molecule is Oc1ccccc1C=N[C@@H](CC(O)(c1ccccc1)c1ccccc1)C(O)(c1ccccc1)c1ccccc1. The monoisotopic (exact) mass is 513 g/mol. The fourth-order valence-electron chi connectivity index (χ4n) is 5.12. The van der Waals surface area contributed by atoms with Crippen LogP contribution in [0.2, 0.25) is 0 Å². The van der Waals surface area contributed by atoms with E-state index in [9.17, 15) is 15.3 Å². The molecule has 3 N–H and O–H groups in total. The number of para-hydroxylation sites is 1. The van der Waals surface area contributed by atoms with Crippen molar-refractivity contribution in [3.05, 3.63) is 173 Å². The molecule has 5 rings (SSSR count). The van der Waals surface area contributed by atoms with E-state index in [1.165, 1.54) is 0 Å². The number of aliphatic hydroxyl groups is 2. The van der Waals surface area contributed by atoms with Crippen molar-refractivity contribution in [3.8, 4) is 5.75 Å². The molecule has 5 aromatic carbocycles. The maximum atomic E-state index is 12.7. The Labute approximate surface area is 229 Å². The first-order valence-electron chi connectivity index (χ1n) is 13.0. The average molecular weight is 514 g/mol. The minimum Gasteiger partial charge on any atom is -0.507 e. The number of aromatic hydroxyl groups is 1. The minimum atomic E-state index is -1.60. The maximum Gasteiger partial charge on any atom is 0.137 e. The van der Waals surface area contributed by atoms with Gasteiger partial charge in [0.1, 0.15) is 17.0 Å². The molecule has 0 amide bonds. The first kappa shape index (κ1) is 26.1. The fourth-order valence-corrected chi connectivity index (χ4v) is 5.12. The highest BCUT2D eigenvalue weighted by Crippen LogP contribution is 2.43. The molecule has 0 aliphatic carbocycles. The van der Waals surface area contributed by atoms with Crippen molar-refractivity contribution in [2.24, 2.45) is 4.99 Å². The van der Waals surface area contributed by atoms with Crippen molar-refractivity contribution >= 4 is 6.21 Å². The number of nitrogens with zero attached hydrogens (tertiary/aromatic N) is 1. The summed E-state index contributed by atoms with van der Waals surface area (Å²) in [6, 6.07) is 43.9. The molecule has 0 spiro atoms. The Kier molecular flexibility index (Phi) is 7.69. The first-order chi connectivity index (χ1) is 19.0. The van der Waals surface area contributed by atoms with Crippen molar-refractivity contribution in [1.82, 2.24) is 0 Å². The molecule has 0 radical (unpaired) electrons. The molecule has 39 heavy (non-hydrogen) atoms. The van der Waals surface area contributed by atoms with Gasteiger partial charge in [0, 0.05) is 18.2 Å². The third-order valence-electron chi connectivity index (χ3n) is 7.23. The van der Waals surface area contributed by atoms with Crippen LogP contribution in [0.5, 0.6) is 5.75 Å². The predicted octanol–water partition coefficient (Wildman–Crippen LogP) is 6.44. The van der Waals surface area contributed by atoms with Gasteiger partial charge in [-0.25, -0.2) is 0 Å². The Bertz CT molecular complexity index is 1420. The lowest BCUT2D eigenvalue weighted by molar-refractivity contribution is 0.00000731. The number of aliphatic imine (C=N–C) groups is 1. The summed E-state index contributed by atoms with van der Waals surface area (Å²) in [5, 5.41) is 35.7. The Morgan fingerprint density at radius 3 is 1.36 bits per heavy atom. The fraction of sp³-hybridized carbons (Fsp3) is 0.114. The minimum absolute atomic E-state index is 0.0609. The molecule has 4 heteroatoms. The van der Waals surface area contributed by atoms with Gasteiger partial charge in [0.2, 0.25) is 0 Å². The van der Waals surface area contributed by atoms with E-state index in [0.717, 1.165) is 0 Å². The summed E-state index contributed by atoms with van der Waals surface area (Å²) in [6.45, 7) is 0. The van der Waals surface area contributed by atoms with E-state index in [-0.39, 0.29) is 12.2 Å². The van der Waals surface area contributed by atoms with Crippen molar-refractivity contribution in [2.45, 2.75) is 23.7 Å². The van der Waals surface area contributed by atoms with E-state index in [4.69, 9.17) is 4.99 Å². The number of phenolic OH excluding ortho intramolecular Hbond substituents is 1. The van der Waals surface area contributed by atoms with Gasteiger partial charge < -0.3 is 15.3 Å². The summed E-state index contributed by atoms with van der Waals surface area (Å²) in [6.07, 6.45) is 1.64. The summed E-state index contributed by atoms with van der Waals surface area (Å²) < 4.78 is 0. The lowest BCUT2D eigenvalue weighted by Crippen LogP contribution is -2.45. The quantitative estimate of drug-likeness (QED) is 0.199. The molecule has 0 unspecified atom stereocenters. The zero-order valence-corrected chi connectivity index (χ0v) is 21.5. The van der Waals surface area contributed by atoms with E-state index in [2.05, 4.69) is 0 Å². The van der Waals surface area contributed by atoms with Crippen LogP contribution in [0.1, 0.15) is 34.2 Å². The molecule has 0 fully saturated rings. The van der Waals surface area contributed by atoms with Gasteiger partial charge in [-0.1, -0.05) is 133 Å². The van der Waals surface area contributed by atoms with Crippen LogP contribution in [0.3, 0.4) is 0 Å². The molecule has 4 nitrogen and oxygen atoms in total. The van der Waals surface area contributed by atoms with Crippen LogP contribution >= 0.6 is 0 Å². The highest BCUT2D eigenvalue weighted by Gasteiger charge is 2.45. The van der Waals surface area contributed by atoms with Crippen LogP contribution < -0.4 is 0 Å². The van der Waals surface area contributed by atoms with Gasteiger partial charge in [0.25, 0.3) is 0 Å². The van der Waals surface area contributed by atoms with E-state index in [0.29, 0.717) is 27.8 Å². The van der Waals surface area contributed by atoms with Crippen molar-refractivity contribution in [1.29, 1.82) is 0 Å². The molecule has 0 aliphatic heterocycles. The average Bonchev–Trinajstić information content (AvgIpc) is 3.01. The van der Waals surface area contributed by atoms with Crippen LogP contribution in [0.4, 0.5) is 0 Å². The summed E-state index contributed by atoms with van der Waals surface area (Å²) in [4.78, 5) is 4.92. The van der Waals surface area contributed by atoms with Gasteiger partial charge in [-0.15, -0.1) is 0 Å². The number of rotatable bonds is 9. The third-order valence-corrected chi connectivity index (χ3v) is 7.23. The molecule has 0 saturated heterocycles. The summed E-state index contributed by atoms with van der Waals surface area (Å²) in [5.74, 6) is 0.0874. The molecule has 0 aromatic heterocycles. The molecule has 1 atom stereocenters. The van der Waals surface area contributed by atoms with E-state index < -0.39 is 17.2 Å². The molecular formula is C35H31NO3. The van der Waals surface area contributed by atoms with Crippen molar-refractivity contribution in [2.75, 3.05) is 0 Å². The smallest absolute Gasteiger partial charge is 0.137 e. The third kappa shape index (κ3) is 5.39. The van der Waals surface area contributed by atoms with Gasteiger partial charge in [0.05, 0.1) is 6.04 Å². The normalized spacial score (nSPS) is 12.9. The van der Waals surface area contributed by atoms with E-state index >= 15 is 0 Å². The van der Waals surface area contributed by atoms with Crippen LogP contribution in [0, 0.1) is 0 Å². The van der Waals surface area contributed by atoms with E-state index in [1.807, 2.05) is 127 Å². The number of phenols is 1. The lowest BCUT2D eigenvalue weighted by atomic mass is 9.72. The Morgan fingerprint density at radius 2 is 0.923 bits per heavy atom. The number of hydrogen-bond donors (Lipinski definition) is 3. The van der Waals surface area contributed by atoms with Crippen molar-refractivity contribution in [3.63, 3.8) is 0 Å². The summed E-state index contributed by atoms with van der Waals surface area (Å²) >= 11 is 0. The Morgan fingerprint density at radius 1 is 0.538 bits per heavy atom. The second kappa shape index (κ2) is 11.5. The van der Waals surface area contributed by atoms with Crippen LogP contribution in [-0.2, 0) is 11.2 Å². The van der Waals surface area contributed by atoms with Gasteiger partial charge in [0.15, 0.2) is 0 Å². The molecule has 0 bridgehead atoms. The lowest BCUT2D eigenvalue weighted by Gasteiger charge is -2.40. The topological polar surface area (TPSA) is 73.1 Å². The molecule has 0 heterocycles. The van der Waals surface area contributed by atoms with Crippen molar-refractivity contribution < 1.29 is 15.3 Å². The Hall–Kier alpha value is -4.51. The van der Waals surface area contributed by atoms with E-state index in [1.54, 1.807) is 24.4 Å². The second-order valence-corrected chi connectivity index (χ2v) is 9.65. The number of hydrogen-bond acceptors (Lipinski definition) is 4. The van der Waals surface area contributed by atoms with Gasteiger partial charge in [-0.3, -0.25) is 4.99 Å². The largest absolute Gasteiger partial charge is 0.507 e. The van der Waals surface area contributed by atoms with Crippen LogP contribution in [0.25, 0.3) is 0 Å². The molecule has 5 aromatic rings. The summed E-state index contributed by atoms with van der Waals surface area (Å²) in [7, 11) is 0. The molecule has 0 aliphatic rings. The van der Waals surface area contributed by atoms with Gasteiger partial charge in [-0.05, 0) is 34.4 Å². The molecule has 0 saturated carbocycles. The number of benzene rings is 5. The predicted molar refractivity (Wildman–Crippen MR) is 156 cm³/mol. The van der Waals surface area contributed by atoms with Crippen LogP contribution in [-0.4, -0.2) is 27.6 Å². The van der Waals surface area contributed by atoms with Gasteiger partial charge >= 0.3 is 0 Å². The highest BCUT2D eigenvalue weighted by atomic mass is 16.3. The van der Waals surface area contributed by atoms with Gasteiger partial charge in [-0.2, -0.15) is 0 Å². The zero-order valence-electron chi connectivity index (χ0n) is 21.5. The maximum absolute atomic E-state index is 12.7. The van der Waals surface area contributed by atoms with Crippen LogP contribution in [0.15, 0.2) is 151 Å². The summed E-state index contributed by atoms with van der Waals surface area (Å²) in [5.41, 5.74) is 0.152. The Balaban J connectivity index is 1.73.